The van der Waals surface area contributed by atoms with Crippen molar-refractivity contribution in [3.05, 3.63) is 116 Å². The molecule has 5 aromatic rings. The number of imidazole rings is 1. The zero-order valence-corrected chi connectivity index (χ0v) is 20.7. The Labute approximate surface area is 225 Å². The van der Waals surface area contributed by atoms with Crippen molar-refractivity contribution in [1.29, 1.82) is 0 Å². The van der Waals surface area contributed by atoms with Gasteiger partial charge in [-0.15, -0.1) is 0 Å². The Kier molecular flexibility index (Phi) is 6.76. The van der Waals surface area contributed by atoms with Gasteiger partial charge in [0.25, 0.3) is 22.7 Å². The van der Waals surface area contributed by atoms with Gasteiger partial charge in [0.2, 0.25) is 5.78 Å². The molecule has 0 aliphatic carbocycles. The molecule has 0 spiro atoms. The molecular formula is C27H21N7O6. The van der Waals surface area contributed by atoms with Crippen LogP contribution in [0.4, 0.5) is 17.1 Å². The van der Waals surface area contributed by atoms with Crippen LogP contribution in [0.1, 0.15) is 42.5 Å². The van der Waals surface area contributed by atoms with E-state index in [4.69, 9.17) is 10.8 Å². The van der Waals surface area contributed by atoms with Crippen molar-refractivity contribution in [1.82, 2.24) is 25.0 Å². The maximum Gasteiger partial charge on any atom is 0.335 e. The molecule has 5 rings (SSSR count). The number of benzene rings is 2. The van der Waals surface area contributed by atoms with Crippen LogP contribution >= 0.6 is 0 Å². The van der Waals surface area contributed by atoms with E-state index in [-0.39, 0.29) is 47.2 Å². The predicted octanol–water partition coefficient (Wildman–Crippen LogP) is 1.21. The van der Waals surface area contributed by atoms with E-state index in [1.807, 2.05) is 0 Å². The first-order valence-corrected chi connectivity index (χ1v) is 11.9. The average Bonchev–Trinajstić information content (AvgIpc) is 3.45. The number of nitrogens with two attached hydrogens (primary N) is 1. The minimum Gasteiger partial charge on any atom is -0.478 e. The number of aromatic carboxylic acids is 1. The molecule has 6 N–H and O–H groups in total. The van der Waals surface area contributed by atoms with Gasteiger partial charge in [-0.3, -0.25) is 23.6 Å². The van der Waals surface area contributed by atoms with Crippen LogP contribution in [0.2, 0.25) is 0 Å². The third-order valence-electron chi connectivity index (χ3n) is 6.09. The topological polar surface area (TPSA) is 198 Å². The Morgan fingerprint density at radius 2 is 1.62 bits per heavy atom. The number of nitrogens with one attached hydrogen (secondary N) is 3. The summed E-state index contributed by atoms with van der Waals surface area (Å²) in [5, 5.41) is 17.3. The molecule has 200 valence electrons. The van der Waals surface area contributed by atoms with E-state index in [2.05, 4.69) is 25.9 Å². The number of aromatic nitrogens is 3. The Morgan fingerprint density at radius 3 is 2.35 bits per heavy atom. The van der Waals surface area contributed by atoms with Crippen LogP contribution in [0.25, 0.3) is 5.78 Å². The van der Waals surface area contributed by atoms with Gasteiger partial charge in [0, 0.05) is 31.2 Å². The van der Waals surface area contributed by atoms with Gasteiger partial charge in [-0.2, -0.15) is 0 Å². The van der Waals surface area contributed by atoms with Crippen LogP contribution in [0.5, 0.6) is 0 Å². The van der Waals surface area contributed by atoms with Crippen LogP contribution < -0.4 is 32.5 Å². The van der Waals surface area contributed by atoms with Crippen molar-refractivity contribution in [2.45, 2.75) is 13.1 Å². The first-order chi connectivity index (χ1) is 19.2. The molecule has 0 radical (unpaired) electrons. The van der Waals surface area contributed by atoms with E-state index in [9.17, 15) is 24.0 Å². The summed E-state index contributed by atoms with van der Waals surface area (Å²) < 4.78 is 1.45. The number of hydrogen-bond acceptors (Lipinski definition) is 9. The van der Waals surface area contributed by atoms with E-state index in [1.165, 1.54) is 28.8 Å². The molecule has 0 aliphatic heterocycles. The second-order valence-corrected chi connectivity index (χ2v) is 8.76. The quantitative estimate of drug-likeness (QED) is 0.170. The molecule has 40 heavy (non-hydrogen) atoms. The third kappa shape index (κ3) is 5.11. The van der Waals surface area contributed by atoms with Gasteiger partial charge in [0.1, 0.15) is 22.8 Å². The van der Waals surface area contributed by atoms with Crippen molar-refractivity contribution in [3.8, 4) is 0 Å². The molecule has 13 nitrogen and oxygen atoms in total. The number of fused-ring (bicyclic) bond motifs is 1. The van der Waals surface area contributed by atoms with E-state index in [0.717, 1.165) is 0 Å². The molecule has 0 saturated heterocycles. The Hall–Kier alpha value is -5.85. The van der Waals surface area contributed by atoms with Gasteiger partial charge in [0.15, 0.2) is 0 Å². The number of nitrogen functional groups attached to an aromatic ring is 1. The first kappa shape index (κ1) is 25.8. The lowest BCUT2D eigenvalue weighted by atomic mass is 10.1. The molecular weight excluding hydrogens is 518 g/mol. The Balaban J connectivity index is 1.27. The number of rotatable bonds is 9. The summed E-state index contributed by atoms with van der Waals surface area (Å²) in [6, 6.07) is 14.3. The predicted molar refractivity (Wildman–Crippen MR) is 144 cm³/mol. The first-order valence-electron chi connectivity index (χ1n) is 11.9. The maximum absolute atomic E-state index is 13.1. The van der Waals surface area contributed by atoms with Crippen LogP contribution in [-0.2, 0) is 13.1 Å². The highest BCUT2D eigenvalue weighted by Gasteiger charge is 2.19. The Morgan fingerprint density at radius 1 is 0.900 bits per heavy atom. The van der Waals surface area contributed by atoms with Crippen LogP contribution in [0, 0.1) is 0 Å². The number of hydrogen-bond donors (Lipinski definition) is 5. The van der Waals surface area contributed by atoms with Crippen molar-refractivity contribution in [2.75, 3.05) is 11.1 Å². The van der Waals surface area contributed by atoms with E-state index >= 15 is 0 Å². The molecule has 13 heteroatoms. The fourth-order valence-electron chi connectivity index (χ4n) is 3.94. The number of nitrogens with zero attached hydrogens (tertiary/aromatic N) is 3. The fraction of sp³-hybridized carbons (Fsp3) is 0.0741. The van der Waals surface area contributed by atoms with E-state index in [1.54, 1.807) is 42.6 Å². The minimum atomic E-state index is -1.05. The molecule has 0 fully saturated rings. The van der Waals surface area contributed by atoms with Crippen LogP contribution in [-0.4, -0.2) is 37.3 Å². The second-order valence-electron chi connectivity index (χ2n) is 8.76. The molecule has 2 aromatic heterocycles. The average molecular weight is 540 g/mol. The van der Waals surface area contributed by atoms with E-state index in [0.29, 0.717) is 16.8 Å². The summed E-state index contributed by atoms with van der Waals surface area (Å²) in [6.45, 7) is 0.233. The number of carbonyl (C=O) groups is 3. The van der Waals surface area contributed by atoms with Gasteiger partial charge in [-0.05, 0) is 41.5 Å². The summed E-state index contributed by atoms with van der Waals surface area (Å²) in [7, 11) is 0. The Bertz CT molecular complexity index is 1850. The highest BCUT2D eigenvalue weighted by Crippen LogP contribution is 2.19. The fourth-order valence-corrected chi connectivity index (χ4v) is 3.94. The van der Waals surface area contributed by atoms with Crippen molar-refractivity contribution in [3.63, 3.8) is 0 Å². The van der Waals surface area contributed by atoms with Crippen LogP contribution in [0.3, 0.4) is 0 Å². The number of amides is 2. The van der Waals surface area contributed by atoms with Crippen molar-refractivity contribution < 1.29 is 19.5 Å². The minimum absolute atomic E-state index is 0.0252. The summed E-state index contributed by atoms with van der Waals surface area (Å²) in [4.78, 5) is 68.3. The molecule has 0 saturated carbocycles. The zero-order valence-electron chi connectivity index (χ0n) is 20.7. The highest BCUT2D eigenvalue weighted by molar-refractivity contribution is 5.98. The molecule has 0 unspecified atom stereocenters. The molecule has 2 amide bonds. The third-order valence-corrected chi connectivity index (χ3v) is 6.09. The lowest BCUT2D eigenvalue weighted by Gasteiger charge is -2.12. The van der Waals surface area contributed by atoms with Gasteiger partial charge in [-0.1, -0.05) is 24.3 Å². The lowest BCUT2D eigenvalue weighted by Crippen LogP contribution is -2.36. The molecule has 0 bridgehead atoms. The lowest BCUT2D eigenvalue weighted by molar-refractivity contribution is 0.0696. The SMILES string of the molecule is Nc1c(Nc2cccc(CNC(=O)c3cc(C(=O)NCc4ccc(C(=O)O)cc4)nc4nccn34)c2)c(=O)c1=O. The van der Waals surface area contributed by atoms with E-state index < -0.39 is 28.6 Å². The summed E-state index contributed by atoms with van der Waals surface area (Å²) in [6.07, 6.45) is 3.00. The number of carboxylic acid groups (broad SMARTS) is 1. The molecule has 2 heterocycles. The molecule has 0 aliphatic rings. The monoisotopic (exact) mass is 539 g/mol. The smallest absolute Gasteiger partial charge is 0.335 e. The van der Waals surface area contributed by atoms with Crippen LogP contribution in [0.15, 0.2) is 76.6 Å². The summed E-state index contributed by atoms with van der Waals surface area (Å²) in [5.41, 5.74) is 6.20. The molecule has 0 atom stereocenters. The van der Waals surface area contributed by atoms with Gasteiger partial charge in [-0.25, -0.2) is 14.8 Å². The van der Waals surface area contributed by atoms with Gasteiger partial charge >= 0.3 is 5.97 Å². The second kappa shape index (κ2) is 10.5. The number of anilines is 3. The van der Waals surface area contributed by atoms with Crippen molar-refractivity contribution >= 4 is 40.6 Å². The number of carboxylic acids is 1. The summed E-state index contributed by atoms with van der Waals surface area (Å²) in [5.74, 6) is -1.93. The standard InChI is InChI=1S/C27H21N7O6/c28-20-21(23(36)22(20)35)32-17-3-1-2-15(10-17)13-31-25(38)19-11-18(33-27-29-8-9-34(19)27)24(37)30-12-14-4-6-16(7-5-14)26(39)40/h1-11,32H,12-13,28H2,(H,30,37)(H,31,38)(H,39,40). The molecule has 3 aromatic carbocycles. The summed E-state index contributed by atoms with van der Waals surface area (Å²) >= 11 is 0. The highest BCUT2D eigenvalue weighted by atomic mass is 16.4. The van der Waals surface area contributed by atoms with Gasteiger partial charge in [0.05, 0.1) is 5.56 Å². The van der Waals surface area contributed by atoms with Gasteiger partial charge < -0.3 is 26.8 Å². The zero-order chi connectivity index (χ0) is 28.4. The maximum atomic E-state index is 13.1. The number of carbonyl (C=O) groups excluding carboxylic acids is 2. The van der Waals surface area contributed by atoms with Crippen molar-refractivity contribution in [2.24, 2.45) is 0 Å². The normalized spacial score (nSPS) is 10.9. The largest absolute Gasteiger partial charge is 0.478 e.